The molecule has 1 aromatic heterocycles. The topological polar surface area (TPSA) is 88.4 Å². The third-order valence-electron chi connectivity index (χ3n) is 6.05. The fraction of sp³-hybridized carbons (Fsp3) is 0.321. The minimum Gasteiger partial charge on any atom is -0.496 e. The molecule has 8 nitrogen and oxygen atoms in total. The SMILES string of the molecule is CCOC(=O)C1=C(C)N=c2s/c(=C\c3ccc(C)c(OC)c3)c(=O)n2[C@@H]1c1ccc(OC)c(OCC)c1. The van der Waals surface area contributed by atoms with E-state index in [0.29, 0.717) is 44.3 Å². The van der Waals surface area contributed by atoms with Crippen molar-refractivity contribution in [1.82, 2.24) is 4.57 Å². The fourth-order valence-corrected chi connectivity index (χ4v) is 5.36. The van der Waals surface area contributed by atoms with Gasteiger partial charge in [0, 0.05) is 0 Å². The van der Waals surface area contributed by atoms with Gasteiger partial charge in [0.15, 0.2) is 16.3 Å². The zero-order valence-corrected chi connectivity index (χ0v) is 22.6. The molecule has 4 rings (SSSR count). The number of hydrogen-bond donors (Lipinski definition) is 0. The molecular formula is C28H30N2O6S. The summed E-state index contributed by atoms with van der Waals surface area (Å²) in [5.41, 5.74) is 3.07. The maximum absolute atomic E-state index is 13.8. The molecule has 0 saturated heterocycles. The van der Waals surface area contributed by atoms with E-state index >= 15 is 0 Å². The van der Waals surface area contributed by atoms with Crippen LogP contribution >= 0.6 is 11.3 Å². The number of carbonyl (C=O) groups excluding carboxylic acids is 1. The Hall–Kier alpha value is -3.85. The summed E-state index contributed by atoms with van der Waals surface area (Å²) < 4.78 is 24.1. The van der Waals surface area contributed by atoms with Crippen LogP contribution in [-0.2, 0) is 9.53 Å². The third kappa shape index (κ3) is 5.04. The summed E-state index contributed by atoms with van der Waals surface area (Å²) in [6, 6.07) is 10.4. The van der Waals surface area contributed by atoms with E-state index in [1.807, 2.05) is 44.2 Å². The number of aryl methyl sites for hydroxylation is 1. The van der Waals surface area contributed by atoms with Gasteiger partial charge in [-0.3, -0.25) is 9.36 Å². The van der Waals surface area contributed by atoms with E-state index in [1.54, 1.807) is 44.8 Å². The predicted octanol–water partition coefficient (Wildman–Crippen LogP) is 3.52. The molecule has 9 heteroatoms. The van der Waals surface area contributed by atoms with E-state index < -0.39 is 12.0 Å². The van der Waals surface area contributed by atoms with Crippen LogP contribution in [0.5, 0.6) is 17.2 Å². The van der Waals surface area contributed by atoms with Crippen molar-refractivity contribution < 1.29 is 23.7 Å². The molecule has 1 atom stereocenters. The van der Waals surface area contributed by atoms with Crippen molar-refractivity contribution in [2.45, 2.75) is 33.7 Å². The molecule has 2 heterocycles. The first-order chi connectivity index (χ1) is 17.8. The predicted molar refractivity (Wildman–Crippen MR) is 142 cm³/mol. The lowest BCUT2D eigenvalue weighted by Crippen LogP contribution is -2.40. The number of rotatable bonds is 8. The number of fused-ring (bicyclic) bond motifs is 1. The largest absolute Gasteiger partial charge is 0.496 e. The van der Waals surface area contributed by atoms with Crippen LogP contribution in [0.4, 0.5) is 0 Å². The Bertz CT molecular complexity index is 1550. The first kappa shape index (κ1) is 26.2. The minimum absolute atomic E-state index is 0.203. The number of benzene rings is 2. The second-order valence-electron chi connectivity index (χ2n) is 8.37. The van der Waals surface area contributed by atoms with Gasteiger partial charge >= 0.3 is 5.97 Å². The third-order valence-corrected chi connectivity index (χ3v) is 7.03. The number of thiazole rings is 1. The molecule has 194 valence electrons. The molecule has 0 amide bonds. The van der Waals surface area contributed by atoms with Crippen molar-refractivity contribution in [1.29, 1.82) is 0 Å². The molecule has 0 N–H and O–H groups in total. The van der Waals surface area contributed by atoms with Crippen molar-refractivity contribution in [3.8, 4) is 17.2 Å². The maximum Gasteiger partial charge on any atom is 0.338 e. The number of hydrogen-bond acceptors (Lipinski definition) is 8. The van der Waals surface area contributed by atoms with Crippen molar-refractivity contribution in [3.63, 3.8) is 0 Å². The highest BCUT2D eigenvalue weighted by atomic mass is 32.1. The fourth-order valence-electron chi connectivity index (χ4n) is 4.32. The van der Waals surface area contributed by atoms with E-state index in [4.69, 9.17) is 18.9 Å². The van der Waals surface area contributed by atoms with E-state index in [1.165, 1.54) is 11.3 Å². The Balaban J connectivity index is 1.95. The highest BCUT2D eigenvalue weighted by molar-refractivity contribution is 7.07. The molecule has 0 saturated carbocycles. The van der Waals surface area contributed by atoms with Gasteiger partial charge in [-0.15, -0.1) is 0 Å². The van der Waals surface area contributed by atoms with Gasteiger partial charge in [-0.05, 0) is 68.7 Å². The van der Waals surface area contributed by atoms with E-state index in [9.17, 15) is 9.59 Å². The normalized spacial score (nSPS) is 15.2. The summed E-state index contributed by atoms with van der Waals surface area (Å²) in [4.78, 5) is 32.1. The van der Waals surface area contributed by atoms with Crippen LogP contribution < -0.4 is 29.1 Å². The Kier molecular flexibility index (Phi) is 7.83. The zero-order chi connectivity index (χ0) is 26.7. The highest BCUT2D eigenvalue weighted by Crippen LogP contribution is 2.36. The van der Waals surface area contributed by atoms with E-state index in [-0.39, 0.29) is 12.2 Å². The van der Waals surface area contributed by atoms with Crippen LogP contribution in [0.1, 0.15) is 43.5 Å². The molecule has 0 spiro atoms. The number of esters is 1. The van der Waals surface area contributed by atoms with Gasteiger partial charge < -0.3 is 18.9 Å². The lowest BCUT2D eigenvalue weighted by atomic mass is 9.95. The standard InChI is InChI=1S/C28H30N2O6S/c1-7-35-22-15-19(11-12-20(22)33-5)25-24(27(32)36-8-2)17(4)29-28-30(25)26(31)23(37-28)14-18-10-9-16(3)21(13-18)34-6/h9-15,25H,7-8H2,1-6H3/b23-14-/t25-/m1/s1. The number of methoxy groups -OCH3 is 2. The van der Waals surface area contributed by atoms with Crippen LogP contribution in [-0.4, -0.2) is 38.0 Å². The first-order valence-electron chi connectivity index (χ1n) is 12.0. The lowest BCUT2D eigenvalue weighted by Gasteiger charge is -2.25. The molecule has 0 radical (unpaired) electrons. The van der Waals surface area contributed by atoms with Crippen LogP contribution in [0.3, 0.4) is 0 Å². The molecule has 1 aliphatic rings. The van der Waals surface area contributed by atoms with Crippen LogP contribution in [0.25, 0.3) is 6.08 Å². The molecule has 2 aromatic carbocycles. The Morgan fingerprint density at radius 1 is 1.03 bits per heavy atom. The smallest absolute Gasteiger partial charge is 0.338 e. The van der Waals surface area contributed by atoms with Crippen LogP contribution in [0, 0.1) is 6.92 Å². The second kappa shape index (κ2) is 11.0. The van der Waals surface area contributed by atoms with Gasteiger partial charge in [-0.25, -0.2) is 9.79 Å². The van der Waals surface area contributed by atoms with Gasteiger partial charge in [0.05, 0.1) is 49.3 Å². The molecule has 1 aliphatic heterocycles. The Morgan fingerprint density at radius 3 is 2.46 bits per heavy atom. The Labute approximate surface area is 219 Å². The van der Waals surface area contributed by atoms with Gasteiger partial charge in [-0.1, -0.05) is 29.5 Å². The van der Waals surface area contributed by atoms with Gasteiger partial charge in [0.2, 0.25) is 0 Å². The zero-order valence-electron chi connectivity index (χ0n) is 21.8. The summed E-state index contributed by atoms with van der Waals surface area (Å²) in [7, 11) is 3.18. The molecule has 0 aliphatic carbocycles. The summed E-state index contributed by atoms with van der Waals surface area (Å²) in [5, 5.41) is 0. The van der Waals surface area contributed by atoms with Crippen molar-refractivity contribution in [3.05, 3.63) is 84.0 Å². The van der Waals surface area contributed by atoms with Crippen molar-refractivity contribution >= 4 is 23.4 Å². The average molecular weight is 523 g/mol. The van der Waals surface area contributed by atoms with Gasteiger partial charge in [0.25, 0.3) is 5.56 Å². The minimum atomic E-state index is -0.741. The van der Waals surface area contributed by atoms with Gasteiger partial charge in [0.1, 0.15) is 5.75 Å². The summed E-state index contributed by atoms with van der Waals surface area (Å²) in [6.07, 6.45) is 1.81. The number of nitrogens with zero attached hydrogens (tertiary/aromatic N) is 2. The van der Waals surface area contributed by atoms with Crippen molar-refractivity contribution in [2.24, 2.45) is 4.99 Å². The number of ether oxygens (including phenoxy) is 4. The molecule has 3 aromatic rings. The van der Waals surface area contributed by atoms with Gasteiger partial charge in [-0.2, -0.15) is 0 Å². The van der Waals surface area contributed by atoms with Crippen molar-refractivity contribution in [2.75, 3.05) is 27.4 Å². The molecular weight excluding hydrogens is 492 g/mol. The average Bonchev–Trinajstić information content (AvgIpc) is 3.18. The summed E-state index contributed by atoms with van der Waals surface area (Å²) in [6.45, 7) is 7.98. The van der Waals surface area contributed by atoms with Crippen LogP contribution in [0.15, 0.2) is 57.5 Å². The quantitative estimate of drug-likeness (QED) is 0.421. The maximum atomic E-state index is 13.8. The molecule has 0 unspecified atom stereocenters. The van der Waals surface area contributed by atoms with Crippen LogP contribution in [0.2, 0.25) is 0 Å². The van der Waals surface area contributed by atoms with E-state index in [0.717, 1.165) is 16.9 Å². The first-order valence-corrected chi connectivity index (χ1v) is 12.8. The lowest BCUT2D eigenvalue weighted by molar-refractivity contribution is -0.139. The second-order valence-corrected chi connectivity index (χ2v) is 9.38. The summed E-state index contributed by atoms with van der Waals surface area (Å²) in [5.74, 6) is 1.31. The number of carbonyl (C=O) groups is 1. The molecule has 37 heavy (non-hydrogen) atoms. The summed E-state index contributed by atoms with van der Waals surface area (Å²) >= 11 is 1.27. The van der Waals surface area contributed by atoms with E-state index in [2.05, 4.69) is 4.99 Å². The molecule has 0 fully saturated rings. The molecule has 0 bridgehead atoms. The Morgan fingerprint density at radius 2 is 1.78 bits per heavy atom. The monoisotopic (exact) mass is 522 g/mol. The number of allylic oxidation sites excluding steroid dienone is 1. The highest BCUT2D eigenvalue weighted by Gasteiger charge is 2.34. The number of aromatic nitrogens is 1.